The third-order valence-corrected chi connectivity index (χ3v) is 4.35. The van der Waals surface area contributed by atoms with E-state index < -0.39 is 23.7 Å². The van der Waals surface area contributed by atoms with Crippen LogP contribution >= 0.6 is 0 Å². The first kappa shape index (κ1) is 19.5. The summed E-state index contributed by atoms with van der Waals surface area (Å²) in [5, 5.41) is 0. The Bertz CT molecular complexity index is 602. The zero-order valence-corrected chi connectivity index (χ0v) is 14.0. The number of hydrogen-bond donors (Lipinski definition) is 0. The Morgan fingerprint density at radius 3 is 2.16 bits per heavy atom. The van der Waals surface area contributed by atoms with E-state index in [1.807, 2.05) is 12.2 Å². The maximum absolute atomic E-state index is 13.8. The molecule has 0 aliphatic heterocycles. The first-order valence-electron chi connectivity index (χ1n) is 8.38. The molecule has 0 heterocycles. The third kappa shape index (κ3) is 5.87. The smallest absolute Gasteiger partial charge is 0.399 e. The van der Waals surface area contributed by atoms with Crippen molar-refractivity contribution in [2.45, 2.75) is 51.3 Å². The lowest BCUT2D eigenvalue weighted by Gasteiger charge is -2.27. The molecule has 0 saturated heterocycles. The lowest BCUT2D eigenvalue weighted by molar-refractivity contribution is -0.276. The van der Waals surface area contributed by atoms with Crippen molar-refractivity contribution in [3.63, 3.8) is 0 Å². The minimum Gasteiger partial charge on any atom is -0.399 e. The van der Waals surface area contributed by atoms with Crippen molar-refractivity contribution >= 4 is 0 Å². The molecule has 1 aromatic rings. The molecule has 1 aromatic carbocycles. The summed E-state index contributed by atoms with van der Waals surface area (Å²) in [6.07, 6.45) is 7.28. The molecule has 0 bridgehead atoms. The predicted molar refractivity (Wildman–Crippen MR) is 86.3 cm³/mol. The molecule has 0 unspecified atom stereocenters. The van der Waals surface area contributed by atoms with Crippen molar-refractivity contribution in [2.75, 3.05) is 0 Å². The number of hydrogen-bond acceptors (Lipinski definition) is 1. The van der Waals surface area contributed by atoms with E-state index in [2.05, 4.69) is 23.8 Å². The van der Waals surface area contributed by atoms with Crippen LogP contribution in [0.4, 0.5) is 22.0 Å². The highest BCUT2D eigenvalue weighted by Crippen LogP contribution is 2.39. The van der Waals surface area contributed by atoms with E-state index in [0.29, 0.717) is 11.5 Å². The largest absolute Gasteiger partial charge is 0.573 e. The van der Waals surface area contributed by atoms with Crippen LogP contribution in [-0.4, -0.2) is 6.36 Å². The van der Waals surface area contributed by atoms with Crippen molar-refractivity contribution in [2.24, 2.45) is 5.92 Å². The molecular weight excluding hydrogens is 339 g/mol. The van der Waals surface area contributed by atoms with Gasteiger partial charge in [-0.1, -0.05) is 31.2 Å². The molecule has 0 radical (unpaired) electrons. The quantitative estimate of drug-likeness (QED) is 0.421. The zero-order valence-electron chi connectivity index (χ0n) is 14.0. The second-order valence-electron chi connectivity index (χ2n) is 6.19. The number of allylic oxidation sites excluding steroid dienone is 4. The van der Waals surface area contributed by atoms with Crippen molar-refractivity contribution < 1.29 is 26.7 Å². The normalized spacial score (nSPS) is 22.0. The van der Waals surface area contributed by atoms with E-state index in [1.165, 1.54) is 0 Å². The van der Waals surface area contributed by atoms with E-state index >= 15 is 0 Å². The van der Waals surface area contributed by atoms with Crippen LogP contribution in [0.5, 0.6) is 5.75 Å². The average Bonchev–Trinajstić information content (AvgIpc) is 2.54. The summed E-state index contributed by atoms with van der Waals surface area (Å²) < 4.78 is 67.6. The highest BCUT2D eigenvalue weighted by Gasteiger charge is 2.34. The lowest BCUT2D eigenvalue weighted by atomic mass is 9.78. The highest BCUT2D eigenvalue weighted by molar-refractivity contribution is 5.33. The van der Waals surface area contributed by atoms with Gasteiger partial charge in [0, 0.05) is 0 Å². The molecule has 138 valence electrons. The second-order valence-corrected chi connectivity index (χ2v) is 6.19. The van der Waals surface area contributed by atoms with Gasteiger partial charge in [0.15, 0.2) is 11.6 Å². The molecule has 6 heteroatoms. The molecule has 1 saturated carbocycles. The molecule has 0 spiro atoms. The Morgan fingerprint density at radius 1 is 1.04 bits per heavy atom. The van der Waals surface area contributed by atoms with Gasteiger partial charge in [-0.2, -0.15) is 0 Å². The SMILES string of the molecule is CCC=CC=CC1CCC(c2cc(F)c(OC(F)(F)F)c(F)c2)CC1. The zero-order chi connectivity index (χ0) is 18.4. The Hall–Kier alpha value is -1.85. The maximum Gasteiger partial charge on any atom is 0.573 e. The third-order valence-electron chi connectivity index (χ3n) is 4.35. The molecule has 1 nitrogen and oxygen atoms in total. The standard InChI is InChI=1S/C19H21F5O/c1-2-3-4-5-6-13-7-9-14(10-8-13)15-11-16(20)18(17(21)12-15)25-19(22,23)24/h3-6,11-14H,2,7-10H2,1H3. The minimum absolute atomic E-state index is 0.0558. The summed E-state index contributed by atoms with van der Waals surface area (Å²) in [5.74, 6) is -3.67. The van der Waals surface area contributed by atoms with Gasteiger partial charge in [-0.25, -0.2) is 8.78 Å². The van der Waals surface area contributed by atoms with Gasteiger partial charge >= 0.3 is 6.36 Å². The van der Waals surface area contributed by atoms with Gasteiger partial charge in [-0.05, 0) is 61.6 Å². The Kier molecular flexibility index (Phi) is 6.62. The van der Waals surface area contributed by atoms with Crippen molar-refractivity contribution in [3.05, 3.63) is 53.6 Å². The Morgan fingerprint density at radius 2 is 1.64 bits per heavy atom. The van der Waals surface area contributed by atoms with Gasteiger partial charge in [-0.3, -0.25) is 0 Å². The Labute approximate surface area is 144 Å². The highest BCUT2D eigenvalue weighted by atomic mass is 19.4. The van der Waals surface area contributed by atoms with Gasteiger partial charge < -0.3 is 4.74 Å². The summed E-state index contributed by atoms with van der Waals surface area (Å²) in [5.41, 5.74) is 0.387. The van der Waals surface area contributed by atoms with Crippen LogP contribution in [-0.2, 0) is 0 Å². The van der Waals surface area contributed by atoms with Gasteiger partial charge in [0.2, 0.25) is 5.75 Å². The Balaban J connectivity index is 2.02. The number of ether oxygens (including phenoxy) is 1. The van der Waals surface area contributed by atoms with E-state index in [-0.39, 0.29) is 5.92 Å². The molecule has 0 atom stereocenters. The fourth-order valence-electron chi connectivity index (χ4n) is 3.11. The molecular formula is C19H21F5O. The van der Waals surface area contributed by atoms with E-state index in [1.54, 1.807) is 0 Å². The number of alkyl halides is 3. The summed E-state index contributed by atoms with van der Waals surface area (Å²) in [6.45, 7) is 2.05. The fraction of sp³-hybridized carbons (Fsp3) is 0.474. The summed E-state index contributed by atoms with van der Waals surface area (Å²) >= 11 is 0. The van der Waals surface area contributed by atoms with Crippen LogP contribution < -0.4 is 4.74 Å². The topological polar surface area (TPSA) is 9.23 Å². The number of halogens is 5. The first-order valence-corrected chi connectivity index (χ1v) is 8.38. The summed E-state index contributed by atoms with van der Waals surface area (Å²) in [7, 11) is 0. The predicted octanol–water partition coefficient (Wildman–Crippen LogP) is 6.66. The second kappa shape index (κ2) is 8.50. The summed E-state index contributed by atoms with van der Waals surface area (Å²) in [6, 6.07) is 1.91. The molecule has 1 fully saturated rings. The van der Waals surface area contributed by atoms with Gasteiger partial charge in [0.05, 0.1) is 0 Å². The monoisotopic (exact) mass is 360 g/mol. The van der Waals surface area contributed by atoms with Crippen LogP contribution in [0.1, 0.15) is 50.5 Å². The van der Waals surface area contributed by atoms with Gasteiger partial charge in [0.1, 0.15) is 0 Å². The average molecular weight is 360 g/mol. The minimum atomic E-state index is -5.13. The first-order chi connectivity index (χ1) is 11.8. The lowest BCUT2D eigenvalue weighted by Crippen LogP contribution is -2.19. The van der Waals surface area contributed by atoms with Crippen molar-refractivity contribution in [1.29, 1.82) is 0 Å². The van der Waals surface area contributed by atoms with Crippen LogP contribution in [0.25, 0.3) is 0 Å². The molecule has 1 aliphatic carbocycles. The molecule has 0 amide bonds. The van der Waals surface area contributed by atoms with Crippen LogP contribution in [0.15, 0.2) is 36.4 Å². The van der Waals surface area contributed by atoms with E-state index in [0.717, 1.165) is 44.2 Å². The fourth-order valence-corrected chi connectivity index (χ4v) is 3.11. The molecule has 0 aromatic heterocycles. The van der Waals surface area contributed by atoms with Crippen molar-refractivity contribution in [1.82, 2.24) is 0 Å². The van der Waals surface area contributed by atoms with Gasteiger partial charge in [-0.15, -0.1) is 13.2 Å². The van der Waals surface area contributed by atoms with Crippen LogP contribution in [0.2, 0.25) is 0 Å². The molecule has 0 N–H and O–H groups in total. The summed E-state index contributed by atoms with van der Waals surface area (Å²) in [4.78, 5) is 0. The molecule has 2 rings (SSSR count). The van der Waals surface area contributed by atoms with Crippen LogP contribution in [0, 0.1) is 17.6 Å². The molecule has 25 heavy (non-hydrogen) atoms. The van der Waals surface area contributed by atoms with E-state index in [9.17, 15) is 22.0 Å². The molecule has 1 aliphatic rings. The van der Waals surface area contributed by atoms with Crippen LogP contribution in [0.3, 0.4) is 0 Å². The number of benzene rings is 1. The van der Waals surface area contributed by atoms with Gasteiger partial charge in [0.25, 0.3) is 0 Å². The van der Waals surface area contributed by atoms with E-state index in [4.69, 9.17) is 0 Å². The number of rotatable bonds is 5. The van der Waals surface area contributed by atoms with Crippen molar-refractivity contribution in [3.8, 4) is 5.75 Å². The maximum atomic E-state index is 13.8.